The molecule has 1 N–H and O–H groups in total. The topological polar surface area (TPSA) is 60.9 Å². The Morgan fingerprint density at radius 1 is 1.29 bits per heavy atom. The van der Waals surface area contributed by atoms with Crippen LogP contribution in [0.1, 0.15) is 39.5 Å². The first-order valence-electron chi connectivity index (χ1n) is 6.25. The van der Waals surface area contributed by atoms with Gasteiger partial charge in [-0.15, -0.1) is 0 Å². The summed E-state index contributed by atoms with van der Waals surface area (Å²) >= 11 is 0. The second-order valence-corrected chi connectivity index (χ2v) is 4.69. The SMILES string of the molecule is CCCC(CCC)(C(=O)O)N1CCN(C)C1=O. The highest BCUT2D eigenvalue weighted by Gasteiger charge is 2.48. The quantitative estimate of drug-likeness (QED) is 0.772. The number of hydrogen-bond acceptors (Lipinski definition) is 2. The molecule has 1 heterocycles. The molecule has 0 unspecified atom stereocenters. The Balaban J connectivity index is 3.03. The summed E-state index contributed by atoms with van der Waals surface area (Å²) in [5.41, 5.74) is -1.01. The maximum atomic E-state index is 12.0. The van der Waals surface area contributed by atoms with Gasteiger partial charge in [-0.1, -0.05) is 26.7 Å². The van der Waals surface area contributed by atoms with Crippen LogP contribution in [0.15, 0.2) is 0 Å². The van der Waals surface area contributed by atoms with Crippen LogP contribution >= 0.6 is 0 Å². The van der Waals surface area contributed by atoms with E-state index in [0.717, 1.165) is 12.8 Å². The van der Waals surface area contributed by atoms with E-state index in [1.165, 1.54) is 0 Å². The molecule has 1 aliphatic heterocycles. The Hall–Kier alpha value is -1.26. The number of urea groups is 1. The molecule has 17 heavy (non-hydrogen) atoms. The summed E-state index contributed by atoms with van der Waals surface area (Å²) in [6, 6.07) is -0.158. The van der Waals surface area contributed by atoms with Crippen LogP contribution in [0.3, 0.4) is 0 Å². The fourth-order valence-corrected chi connectivity index (χ4v) is 2.60. The highest BCUT2D eigenvalue weighted by molar-refractivity contribution is 5.87. The maximum Gasteiger partial charge on any atom is 0.329 e. The number of carboxylic acid groups (broad SMARTS) is 1. The number of nitrogens with zero attached hydrogens (tertiary/aromatic N) is 2. The molecule has 1 saturated heterocycles. The molecule has 0 bridgehead atoms. The van der Waals surface area contributed by atoms with E-state index in [4.69, 9.17) is 0 Å². The van der Waals surface area contributed by atoms with Crippen molar-refractivity contribution in [2.24, 2.45) is 0 Å². The van der Waals surface area contributed by atoms with Gasteiger partial charge in [0.05, 0.1) is 0 Å². The molecule has 1 fully saturated rings. The van der Waals surface area contributed by atoms with Gasteiger partial charge in [-0.25, -0.2) is 9.59 Å². The van der Waals surface area contributed by atoms with Crippen LogP contribution in [0.4, 0.5) is 4.79 Å². The van der Waals surface area contributed by atoms with Gasteiger partial charge < -0.3 is 14.9 Å². The fraction of sp³-hybridized carbons (Fsp3) is 0.833. The lowest BCUT2D eigenvalue weighted by atomic mass is 9.87. The van der Waals surface area contributed by atoms with E-state index < -0.39 is 11.5 Å². The third-order valence-electron chi connectivity index (χ3n) is 3.46. The van der Waals surface area contributed by atoms with Crippen LogP contribution in [-0.4, -0.2) is 52.6 Å². The molecular formula is C12H22N2O3. The van der Waals surface area contributed by atoms with Gasteiger partial charge in [-0.2, -0.15) is 0 Å². The van der Waals surface area contributed by atoms with Crippen molar-refractivity contribution < 1.29 is 14.7 Å². The smallest absolute Gasteiger partial charge is 0.329 e. The zero-order valence-electron chi connectivity index (χ0n) is 10.9. The van der Waals surface area contributed by atoms with Gasteiger partial charge in [0.2, 0.25) is 0 Å². The van der Waals surface area contributed by atoms with E-state index in [1.807, 2.05) is 13.8 Å². The number of aliphatic carboxylic acids is 1. The summed E-state index contributed by atoms with van der Waals surface area (Å²) in [6.45, 7) is 5.04. The second kappa shape index (κ2) is 5.38. The molecule has 0 radical (unpaired) electrons. The van der Waals surface area contributed by atoms with Crippen molar-refractivity contribution in [3.8, 4) is 0 Å². The molecule has 0 aromatic rings. The number of carboxylic acids is 1. The normalized spacial score (nSPS) is 16.8. The lowest BCUT2D eigenvalue weighted by Crippen LogP contribution is -2.55. The zero-order valence-corrected chi connectivity index (χ0v) is 10.9. The molecular weight excluding hydrogens is 220 g/mol. The van der Waals surface area contributed by atoms with Crippen LogP contribution in [0, 0.1) is 0 Å². The summed E-state index contributed by atoms with van der Waals surface area (Å²) in [7, 11) is 1.72. The molecule has 0 spiro atoms. The zero-order chi connectivity index (χ0) is 13.1. The fourth-order valence-electron chi connectivity index (χ4n) is 2.60. The molecule has 1 aliphatic rings. The molecule has 0 aromatic heterocycles. The average Bonchev–Trinajstić information content (AvgIpc) is 2.59. The lowest BCUT2D eigenvalue weighted by Gasteiger charge is -2.37. The van der Waals surface area contributed by atoms with Crippen molar-refractivity contribution in [2.45, 2.75) is 45.1 Å². The number of amides is 2. The Morgan fingerprint density at radius 2 is 1.82 bits per heavy atom. The van der Waals surface area contributed by atoms with Crippen molar-refractivity contribution in [3.05, 3.63) is 0 Å². The van der Waals surface area contributed by atoms with E-state index in [1.54, 1.807) is 16.8 Å². The Morgan fingerprint density at radius 3 is 2.12 bits per heavy atom. The molecule has 2 amide bonds. The van der Waals surface area contributed by atoms with E-state index in [9.17, 15) is 14.7 Å². The minimum Gasteiger partial charge on any atom is -0.479 e. The van der Waals surface area contributed by atoms with Gasteiger partial charge >= 0.3 is 12.0 Å². The number of likely N-dealkylation sites (N-methyl/N-ethyl adjacent to an activating group) is 1. The first-order valence-corrected chi connectivity index (χ1v) is 6.25. The molecule has 1 rings (SSSR count). The molecule has 5 heteroatoms. The molecule has 0 saturated carbocycles. The number of carbonyl (C=O) groups is 2. The molecule has 0 aromatic carbocycles. The van der Waals surface area contributed by atoms with Crippen molar-refractivity contribution in [3.63, 3.8) is 0 Å². The van der Waals surface area contributed by atoms with Crippen molar-refractivity contribution >= 4 is 12.0 Å². The van der Waals surface area contributed by atoms with Crippen molar-refractivity contribution in [1.82, 2.24) is 9.80 Å². The van der Waals surface area contributed by atoms with Gasteiger partial charge in [-0.05, 0) is 12.8 Å². The first kappa shape index (κ1) is 13.8. The van der Waals surface area contributed by atoms with Crippen LogP contribution in [0.2, 0.25) is 0 Å². The van der Waals surface area contributed by atoms with E-state index in [2.05, 4.69) is 0 Å². The summed E-state index contributed by atoms with van der Waals surface area (Å²) < 4.78 is 0. The third kappa shape index (κ3) is 2.37. The van der Waals surface area contributed by atoms with Crippen LogP contribution in [0.25, 0.3) is 0 Å². The molecule has 5 nitrogen and oxygen atoms in total. The number of hydrogen-bond donors (Lipinski definition) is 1. The Labute approximate surface area is 102 Å². The predicted molar refractivity (Wildman–Crippen MR) is 64.9 cm³/mol. The lowest BCUT2D eigenvalue weighted by molar-refractivity contribution is -0.150. The first-order chi connectivity index (χ1) is 7.99. The standard InChI is InChI=1S/C12H22N2O3/c1-4-6-12(7-5-2,10(15)16)14-9-8-13(3)11(14)17/h4-9H2,1-3H3,(H,15,16). The Kier molecular flexibility index (Phi) is 4.37. The van der Waals surface area contributed by atoms with Crippen LogP contribution in [-0.2, 0) is 4.79 Å². The largest absolute Gasteiger partial charge is 0.479 e. The number of carbonyl (C=O) groups excluding carboxylic acids is 1. The number of rotatable bonds is 6. The predicted octanol–water partition coefficient (Wildman–Crippen LogP) is 1.78. The molecule has 0 aliphatic carbocycles. The Bertz CT molecular complexity index is 298. The van der Waals surface area contributed by atoms with Crippen molar-refractivity contribution in [1.29, 1.82) is 0 Å². The van der Waals surface area contributed by atoms with E-state index in [-0.39, 0.29) is 6.03 Å². The molecule has 0 atom stereocenters. The van der Waals surface area contributed by atoms with Crippen LogP contribution in [0.5, 0.6) is 0 Å². The van der Waals surface area contributed by atoms with Crippen molar-refractivity contribution in [2.75, 3.05) is 20.1 Å². The highest BCUT2D eigenvalue weighted by atomic mass is 16.4. The monoisotopic (exact) mass is 242 g/mol. The van der Waals surface area contributed by atoms with E-state index >= 15 is 0 Å². The summed E-state index contributed by atoms with van der Waals surface area (Å²) in [6.07, 6.45) is 2.57. The maximum absolute atomic E-state index is 12.0. The second-order valence-electron chi connectivity index (χ2n) is 4.69. The van der Waals surface area contributed by atoms with Gasteiger partial charge in [-0.3, -0.25) is 0 Å². The van der Waals surface area contributed by atoms with Gasteiger partial charge in [0.15, 0.2) is 0 Å². The summed E-state index contributed by atoms with van der Waals surface area (Å²) in [5, 5.41) is 9.54. The van der Waals surface area contributed by atoms with E-state index in [0.29, 0.717) is 25.9 Å². The van der Waals surface area contributed by atoms with Crippen LogP contribution < -0.4 is 0 Å². The summed E-state index contributed by atoms with van der Waals surface area (Å²) in [5.74, 6) is -0.871. The average molecular weight is 242 g/mol. The van der Waals surface area contributed by atoms with Gasteiger partial charge in [0, 0.05) is 20.1 Å². The minimum atomic E-state index is -1.01. The highest BCUT2D eigenvalue weighted by Crippen LogP contribution is 2.30. The molecule has 98 valence electrons. The third-order valence-corrected chi connectivity index (χ3v) is 3.46. The minimum absolute atomic E-state index is 0.158. The van der Waals surface area contributed by atoms with Gasteiger partial charge in [0.1, 0.15) is 5.54 Å². The summed E-state index contributed by atoms with van der Waals surface area (Å²) in [4.78, 5) is 26.8. The van der Waals surface area contributed by atoms with Gasteiger partial charge in [0.25, 0.3) is 0 Å².